The van der Waals surface area contributed by atoms with Gasteiger partial charge in [-0.1, -0.05) is 0 Å². The average molecular weight is 383 g/mol. The molecule has 148 valence electrons. The number of carbonyl (C=O) groups is 2. The van der Waals surface area contributed by atoms with Crippen LogP contribution in [0, 0.1) is 6.92 Å². The molecule has 1 saturated heterocycles. The van der Waals surface area contributed by atoms with Crippen molar-refractivity contribution in [1.29, 1.82) is 0 Å². The van der Waals surface area contributed by atoms with Gasteiger partial charge in [0, 0.05) is 37.6 Å². The molecule has 2 heterocycles. The molecule has 1 aliphatic heterocycles. The third-order valence-electron chi connectivity index (χ3n) is 4.44. The summed E-state index contributed by atoms with van der Waals surface area (Å²) in [6.45, 7) is 4.99. The lowest BCUT2D eigenvalue weighted by molar-refractivity contribution is -0.129. The SMILES string of the molecule is Cc1ccc(C=CC(=O)N(C)CC(=O)Nc2ccc(N3CCOCC3)cc2)o1. The Kier molecular flexibility index (Phi) is 6.49. The van der Waals surface area contributed by atoms with Crippen molar-refractivity contribution in [3.8, 4) is 0 Å². The summed E-state index contributed by atoms with van der Waals surface area (Å²) in [6, 6.07) is 11.3. The van der Waals surface area contributed by atoms with Crippen LogP contribution in [-0.2, 0) is 14.3 Å². The van der Waals surface area contributed by atoms with Crippen molar-refractivity contribution >= 4 is 29.3 Å². The van der Waals surface area contributed by atoms with E-state index in [1.165, 1.54) is 11.0 Å². The molecule has 0 spiro atoms. The highest BCUT2D eigenvalue weighted by molar-refractivity contribution is 5.97. The zero-order valence-corrected chi connectivity index (χ0v) is 16.2. The monoisotopic (exact) mass is 383 g/mol. The maximum atomic E-state index is 12.2. The van der Waals surface area contributed by atoms with Gasteiger partial charge in [-0.05, 0) is 49.4 Å². The molecule has 1 aromatic heterocycles. The summed E-state index contributed by atoms with van der Waals surface area (Å²) in [7, 11) is 1.58. The van der Waals surface area contributed by atoms with Gasteiger partial charge in [0.25, 0.3) is 0 Å². The molecule has 1 aromatic carbocycles. The first kappa shape index (κ1) is 19.7. The van der Waals surface area contributed by atoms with E-state index >= 15 is 0 Å². The lowest BCUT2D eigenvalue weighted by Gasteiger charge is -2.28. The number of hydrogen-bond acceptors (Lipinski definition) is 5. The summed E-state index contributed by atoms with van der Waals surface area (Å²) in [6.07, 6.45) is 2.98. The van der Waals surface area contributed by atoms with Gasteiger partial charge < -0.3 is 24.3 Å². The number of hydrogen-bond donors (Lipinski definition) is 1. The van der Waals surface area contributed by atoms with Crippen molar-refractivity contribution in [3.05, 3.63) is 54.0 Å². The van der Waals surface area contributed by atoms with E-state index in [1.807, 2.05) is 37.3 Å². The first-order valence-corrected chi connectivity index (χ1v) is 9.23. The molecule has 1 aliphatic rings. The Morgan fingerprint density at radius 1 is 1.14 bits per heavy atom. The fourth-order valence-electron chi connectivity index (χ4n) is 2.89. The van der Waals surface area contributed by atoms with Crippen LogP contribution in [0.1, 0.15) is 11.5 Å². The van der Waals surface area contributed by atoms with Crippen molar-refractivity contribution < 1.29 is 18.7 Å². The minimum absolute atomic E-state index is 0.0361. The van der Waals surface area contributed by atoms with Crippen LogP contribution in [0.25, 0.3) is 6.08 Å². The van der Waals surface area contributed by atoms with Gasteiger partial charge in [0.05, 0.1) is 19.8 Å². The van der Waals surface area contributed by atoms with E-state index in [1.54, 1.807) is 19.2 Å². The van der Waals surface area contributed by atoms with Gasteiger partial charge in [0.1, 0.15) is 11.5 Å². The first-order chi connectivity index (χ1) is 13.5. The molecule has 0 unspecified atom stereocenters. The third kappa shape index (κ3) is 5.47. The number of benzene rings is 1. The number of rotatable bonds is 6. The molecule has 0 radical (unpaired) electrons. The summed E-state index contributed by atoms with van der Waals surface area (Å²) in [5.74, 6) is 0.854. The summed E-state index contributed by atoms with van der Waals surface area (Å²) < 4.78 is 10.7. The van der Waals surface area contributed by atoms with E-state index in [-0.39, 0.29) is 18.4 Å². The van der Waals surface area contributed by atoms with Crippen LogP contribution in [0.4, 0.5) is 11.4 Å². The normalized spacial score (nSPS) is 14.3. The van der Waals surface area contributed by atoms with E-state index < -0.39 is 0 Å². The number of morpholine rings is 1. The Hall–Kier alpha value is -3.06. The molecule has 1 fully saturated rings. The molecule has 2 amide bonds. The van der Waals surface area contributed by atoms with Crippen LogP contribution in [0.3, 0.4) is 0 Å². The lowest BCUT2D eigenvalue weighted by Crippen LogP contribution is -2.36. The molecule has 0 aliphatic carbocycles. The highest BCUT2D eigenvalue weighted by atomic mass is 16.5. The second-order valence-electron chi connectivity index (χ2n) is 6.67. The number of amides is 2. The maximum Gasteiger partial charge on any atom is 0.246 e. The summed E-state index contributed by atoms with van der Waals surface area (Å²) in [4.78, 5) is 27.9. The highest BCUT2D eigenvalue weighted by Crippen LogP contribution is 2.19. The van der Waals surface area contributed by atoms with Gasteiger partial charge in [0.2, 0.25) is 11.8 Å². The number of likely N-dealkylation sites (N-methyl/N-ethyl adjacent to an activating group) is 1. The van der Waals surface area contributed by atoms with Crippen LogP contribution >= 0.6 is 0 Å². The number of furan rings is 1. The number of ether oxygens (including phenoxy) is 1. The van der Waals surface area contributed by atoms with Crippen molar-refractivity contribution in [1.82, 2.24) is 4.90 Å². The Morgan fingerprint density at radius 3 is 2.50 bits per heavy atom. The largest absolute Gasteiger partial charge is 0.462 e. The van der Waals surface area contributed by atoms with Gasteiger partial charge in [-0.25, -0.2) is 0 Å². The molecular formula is C21H25N3O4. The van der Waals surface area contributed by atoms with Crippen molar-refractivity contribution in [2.45, 2.75) is 6.92 Å². The van der Waals surface area contributed by atoms with Crippen LogP contribution in [-0.4, -0.2) is 56.6 Å². The van der Waals surface area contributed by atoms with Gasteiger partial charge in [-0.15, -0.1) is 0 Å². The topological polar surface area (TPSA) is 75.0 Å². The second kappa shape index (κ2) is 9.23. The van der Waals surface area contributed by atoms with E-state index in [0.29, 0.717) is 11.4 Å². The number of anilines is 2. The fraction of sp³-hybridized carbons (Fsp3) is 0.333. The zero-order valence-electron chi connectivity index (χ0n) is 16.2. The molecule has 0 bridgehead atoms. The maximum absolute atomic E-state index is 12.2. The Bertz CT molecular complexity index is 836. The molecule has 7 nitrogen and oxygen atoms in total. The molecule has 7 heteroatoms. The standard InChI is InChI=1S/C21H25N3O4/c1-16-3-8-19(28-16)9-10-21(26)23(2)15-20(25)22-17-4-6-18(7-5-17)24-11-13-27-14-12-24/h3-10H,11-15H2,1-2H3,(H,22,25). The molecule has 1 N–H and O–H groups in total. The van der Waals surface area contributed by atoms with Crippen molar-refractivity contribution in [2.75, 3.05) is 50.1 Å². The molecule has 28 heavy (non-hydrogen) atoms. The van der Waals surface area contributed by atoms with Crippen molar-refractivity contribution in [3.63, 3.8) is 0 Å². The average Bonchev–Trinajstić information content (AvgIpc) is 3.12. The van der Waals surface area contributed by atoms with Crippen LogP contribution in [0.5, 0.6) is 0 Å². The molecular weight excluding hydrogens is 358 g/mol. The molecule has 0 atom stereocenters. The minimum Gasteiger partial charge on any atom is -0.462 e. The first-order valence-electron chi connectivity index (χ1n) is 9.23. The number of nitrogens with zero attached hydrogens (tertiary/aromatic N) is 2. The van der Waals surface area contributed by atoms with Crippen LogP contribution in [0.15, 0.2) is 46.9 Å². The van der Waals surface area contributed by atoms with Crippen molar-refractivity contribution in [2.24, 2.45) is 0 Å². The van der Waals surface area contributed by atoms with Crippen LogP contribution in [0.2, 0.25) is 0 Å². The van der Waals surface area contributed by atoms with E-state index in [2.05, 4.69) is 10.2 Å². The van der Waals surface area contributed by atoms with Gasteiger partial charge >= 0.3 is 0 Å². The molecule has 3 rings (SSSR count). The zero-order chi connectivity index (χ0) is 19.9. The highest BCUT2D eigenvalue weighted by Gasteiger charge is 2.13. The minimum atomic E-state index is -0.271. The summed E-state index contributed by atoms with van der Waals surface area (Å²) in [5, 5.41) is 2.82. The second-order valence-corrected chi connectivity index (χ2v) is 6.67. The molecule has 2 aromatic rings. The van der Waals surface area contributed by atoms with Gasteiger partial charge in [-0.3, -0.25) is 9.59 Å². The van der Waals surface area contributed by atoms with Gasteiger partial charge in [-0.2, -0.15) is 0 Å². The summed E-state index contributed by atoms with van der Waals surface area (Å²) >= 11 is 0. The quantitative estimate of drug-likeness (QED) is 0.776. The fourth-order valence-corrected chi connectivity index (χ4v) is 2.89. The lowest BCUT2D eigenvalue weighted by atomic mass is 10.2. The Balaban J connectivity index is 1.48. The van der Waals surface area contributed by atoms with Crippen LogP contribution < -0.4 is 10.2 Å². The Labute approximate surface area is 164 Å². The predicted octanol–water partition coefficient (Wildman–Crippen LogP) is 2.53. The Morgan fingerprint density at radius 2 is 1.86 bits per heavy atom. The summed E-state index contributed by atoms with van der Waals surface area (Å²) in [5.41, 5.74) is 1.80. The van der Waals surface area contributed by atoms with E-state index in [0.717, 1.165) is 37.8 Å². The number of nitrogens with one attached hydrogen (secondary N) is 1. The van der Waals surface area contributed by atoms with E-state index in [4.69, 9.17) is 9.15 Å². The predicted molar refractivity (Wildman–Crippen MR) is 108 cm³/mol. The van der Waals surface area contributed by atoms with Gasteiger partial charge in [0.15, 0.2) is 0 Å². The van der Waals surface area contributed by atoms with E-state index in [9.17, 15) is 9.59 Å². The smallest absolute Gasteiger partial charge is 0.246 e. The number of aryl methyl sites for hydroxylation is 1. The third-order valence-corrected chi connectivity index (χ3v) is 4.44. The molecule has 0 saturated carbocycles. The number of carbonyl (C=O) groups excluding carboxylic acids is 2.